The summed E-state index contributed by atoms with van der Waals surface area (Å²) in [6.45, 7) is 0.424. The van der Waals surface area contributed by atoms with Gasteiger partial charge >= 0.3 is 0 Å². The average molecular weight is 492 g/mol. The van der Waals surface area contributed by atoms with Crippen LogP contribution in [0, 0.1) is 5.92 Å². The zero-order chi connectivity index (χ0) is 21.9. The number of rotatable bonds is 6. The van der Waals surface area contributed by atoms with Crippen molar-refractivity contribution in [3.05, 3.63) is 57.0 Å². The Hall–Kier alpha value is -1.51. The minimum absolute atomic E-state index is 0.0825. The molecule has 1 atom stereocenters. The van der Waals surface area contributed by atoms with Crippen molar-refractivity contribution in [2.24, 2.45) is 5.92 Å². The number of hydrogen-bond donors (Lipinski definition) is 1. The maximum absolute atomic E-state index is 13.0. The molecule has 0 saturated carbocycles. The fourth-order valence-corrected chi connectivity index (χ4v) is 5.90. The number of ether oxygens (including phenoxy) is 1. The van der Waals surface area contributed by atoms with Gasteiger partial charge in [-0.15, -0.1) is 0 Å². The molecule has 1 heterocycles. The molecule has 0 spiro atoms. The zero-order valence-corrected chi connectivity index (χ0v) is 19.3. The molecule has 0 aliphatic carbocycles. The first-order valence-corrected chi connectivity index (χ1v) is 12.0. The van der Waals surface area contributed by atoms with Gasteiger partial charge in [0.1, 0.15) is 5.75 Å². The van der Waals surface area contributed by atoms with Crippen LogP contribution in [0.25, 0.3) is 0 Å². The molecule has 1 fully saturated rings. The Labute approximate surface area is 191 Å². The van der Waals surface area contributed by atoms with Gasteiger partial charge in [-0.25, -0.2) is 12.7 Å². The van der Waals surface area contributed by atoms with Gasteiger partial charge in [0.15, 0.2) is 0 Å². The number of benzene rings is 2. The summed E-state index contributed by atoms with van der Waals surface area (Å²) in [5.74, 6) is -0.631. The molecule has 1 saturated heterocycles. The van der Waals surface area contributed by atoms with E-state index >= 15 is 0 Å². The molecule has 10 heteroatoms. The van der Waals surface area contributed by atoms with Crippen LogP contribution >= 0.6 is 34.8 Å². The van der Waals surface area contributed by atoms with Gasteiger partial charge in [0.05, 0.1) is 24.5 Å². The summed E-state index contributed by atoms with van der Waals surface area (Å²) in [4.78, 5) is 12.8. The van der Waals surface area contributed by atoms with Gasteiger partial charge in [0.2, 0.25) is 15.9 Å². The molecule has 2 aromatic rings. The highest BCUT2D eigenvalue weighted by molar-refractivity contribution is 7.88. The molecule has 1 aliphatic heterocycles. The summed E-state index contributed by atoms with van der Waals surface area (Å²) in [7, 11) is -2.21. The lowest BCUT2D eigenvalue weighted by molar-refractivity contribution is -0.120. The molecule has 30 heavy (non-hydrogen) atoms. The third-order valence-electron chi connectivity index (χ3n) is 4.96. The summed E-state index contributed by atoms with van der Waals surface area (Å²) in [6.07, 6.45) is 1.15. The van der Waals surface area contributed by atoms with Crippen LogP contribution in [-0.4, -0.2) is 38.8 Å². The number of piperidine rings is 1. The topological polar surface area (TPSA) is 75.7 Å². The van der Waals surface area contributed by atoms with E-state index in [0.717, 1.165) is 0 Å². The lowest BCUT2D eigenvalue weighted by Crippen LogP contribution is -2.44. The van der Waals surface area contributed by atoms with E-state index in [1.807, 2.05) is 0 Å². The molecule has 1 aliphatic rings. The first kappa shape index (κ1) is 23.2. The number of sulfonamides is 1. The predicted octanol–water partition coefficient (Wildman–Crippen LogP) is 4.84. The molecule has 3 rings (SSSR count). The van der Waals surface area contributed by atoms with Gasteiger partial charge in [-0.05, 0) is 43.2 Å². The second-order valence-electron chi connectivity index (χ2n) is 6.99. The molecule has 0 aromatic heterocycles. The fraction of sp³-hybridized carbons (Fsp3) is 0.350. The van der Waals surface area contributed by atoms with Gasteiger partial charge in [-0.3, -0.25) is 4.79 Å². The molecule has 1 amide bonds. The standard InChI is InChI=1S/C20H21Cl3N2O4S/c1-29-19-8-7-14(21)10-18(19)24-20(26)13-4-3-9-25(11-13)30(27,28)12-15-16(22)5-2-6-17(15)23/h2,5-8,10,13H,3-4,9,11-12H2,1H3,(H,24,26). The quantitative estimate of drug-likeness (QED) is 0.627. The number of anilines is 1. The van der Waals surface area contributed by atoms with Crippen molar-refractivity contribution in [2.45, 2.75) is 18.6 Å². The van der Waals surface area contributed by atoms with E-state index in [4.69, 9.17) is 39.5 Å². The van der Waals surface area contributed by atoms with Crippen LogP contribution in [0.15, 0.2) is 36.4 Å². The Morgan fingerprint density at radius 3 is 2.57 bits per heavy atom. The summed E-state index contributed by atoms with van der Waals surface area (Å²) in [6, 6.07) is 9.77. The van der Waals surface area contributed by atoms with Crippen molar-refractivity contribution in [2.75, 3.05) is 25.5 Å². The number of methoxy groups -OCH3 is 1. The third-order valence-corrected chi connectivity index (χ3v) is 7.67. The molecular weight excluding hydrogens is 471 g/mol. The van der Waals surface area contributed by atoms with Gasteiger partial charge in [0.25, 0.3) is 0 Å². The van der Waals surface area contributed by atoms with E-state index in [1.54, 1.807) is 36.4 Å². The average Bonchev–Trinajstić information content (AvgIpc) is 2.71. The fourth-order valence-electron chi connectivity index (χ4n) is 3.37. The second-order valence-corrected chi connectivity index (χ2v) is 10.2. The highest BCUT2D eigenvalue weighted by atomic mass is 35.5. The highest BCUT2D eigenvalue weighted by Crippen LogP contribution is 2.31. The smallest absolute Gasteiger partial charge is 0.228 e. The monoisotopic (exact) mass is 490 g/mol. The third kappa shape index (κ3) is 5.39. The summed E-state index contributed by atoms with van der Waals surface area (Å²) in [5, 5.41) is 3.85. The van der Waals surface area contributed by atoms with Crippen LogP contribution in [0.5, 0.6) is 5.75 Å². The van der Waals surface area contributed by atoms with E-state index in [9.17, 15) is 13.2 Å². The van der Waals surface area contributed by atoms with Crippen molar-refractivity contribution in [3.63, 3.8) is 0 Å². The number of hydrogen-bond acceptors (Lipinski definition) is 4. The summed E-state index contributed by atoms with van der Waals surface area (Å²) in [5.41, 5.74) is 0.800. The highest BCUT2D eigenvalue weighted by Gasteiger charge is 2.33. The van der Waals surface area contributed by atoms with Crippen molar-refractivity contribution >= 4 is 56.4 Å². The minimum atomic E-state index is -3.70. The van der Waals surface area contributed by atoms with Gasteiger partial charge in [0, 0.05) is 33.7 Å². The number of halogens is 3. The van der Waals surface area contributed by atoms with Gasteiger partial charge in [-0.1, -0.05) is 40.9 Å². The van der Waals surface area contributed by atoms with Crippen molar-refractivity contribution < 1.29 is 17.9 Å². The Kier molecular flexibility index (Phi) is 7.52. The van der Waals surface area contributed by atoms with Crippen molar-refractivity contribution in [3.8, 4) is 5.75 Å². The Morgan fingerprint density at radius 2 is 1.90 bits per heavy atom. The maximum atomic E-state index is 13.0. The molecule has 0 bridgehead atoms. The first-order valence-electron chi connectivity index (χ1n) is 9.26. The maximum Gasteiger partial charge on any atom is 0.228 e. The van der Waals surface area contributed by atoms with Crippen molar-refractivity contribution in [1.29, 1.82) is 0 Å². The van der Waals surface area contributed by atoms with E-state index in [-0.39, 0.29) is 18.2 Å². The van der Waals surface area contributed by atoms with Crippen LogP contribution in [0.1, 0.15) is 18.4 Å². The molecule has 1 unspecified atom stereocenters. The molecular formula is C20H21Cl3N2O4S. The minimum Gasteiger partial charge on any atom is -0.495 e. The molecule has 1 N–H and O–H groups in total. The van der Waals surface area contributed by atoms with Gasteiger partial charge in [-0.2, -0.15) is 0 Å². The van der Waals surface area contributed by atoms with Crippen molar-refractivity contribution in [1.82, 2.24) is 4.31 Å². The normalized spacial score (nSPS) is 17.5. The lowest BCUT2D eigenvalue weighted by atomic mass is 9.98. The number of amides is 1. The lowest BCUT2D eigenvalue weighted by Gasteiger charge is -2.31. The number of carbonyl (C=O) groups excluding carboxylic acids is 1. The van der Waals surface area contributed by atoms with E-state index < -0.39 is 15.9 Å². The van der Waals surface area contributed by atoms with E-state index in [1.165, 1.54) is 11.4 Å². The molecule has 0 radical (unpaired) electrons. The Bertz CT molecular complexity index is 1030. The largest absolute Gasteiger partial charge is 0.495 e. The summed E-state index contributed by atoms with van der Waals surface area (Å²) < 4.78 is 32.5. The zero-order valence-electron chi connectivity index (χ0n) is 16.2. The number of nitrogens with zero attached hydrogens (tertiary/aromatic N) is 1. The van der Waals surface area contributed by atoms with Crippen LogP contribution in [-0.2, 0) is 20.6 Å². The number of nitrogens with one attached hydrogen (secondary N) is 1. The first-order chi connectivity index (χ1) is 14.2. The van der Waals surface area contributed by atoms with Crippen LogP contribution in [0.2, 0.25) is 15.1 Å². The molecule has 6 nitrogen and oxygen atoms in total. The van der Waals surface area contributed by atoms with E-state index in [2.05, 4.69) is 5.32 Å². The number of carbonyl (C=O) groups is 1. The van der Waals surface area contributed by atoms with Crippen LogP contribution in [0.3, 0.4) is 0 Å². The van der Waals surface area contributed by atoms with Gasteiger partial charge < -0.3 is 10.1 Å². The summed E-state index contributed by atoms with van der Waals surface area (Å²) >= 11 is 18.3. The Balaban J connectivity index is 1.73. The van der Waals surface area contributed by atoms with Crippen LogP contribution in [0.4, 0.5) is 5.69 Å². The SMILES string of the molecule is COc1ccc(Cl)cc1NC(=O)C1CCCN(S(=O)(=O)Cc2c(Cl)cccc2Cl)C1. The molecule has 2 aromatic carbocycles. The second kappa shape index (κ2) is 9.75. The van der Waals surface area contributed by atoms with E-state index in [0.29, 0.717) is 51.5 Å². The predicted molar refractivity (Wildman–Crippen MR) is 120 cm³/mol. The van der Waals surface area contributed by atoms with Crippen LogP contribution < -0.4 is 10.1 Å². The Morgan fingerprint density at radius 1 is 1.20 bits per heavy atom. The molecule has 162 valence electrons.